The van der Waals surface area contributed by atoms with E-state index in [2.05, 4.69) is 10.2 Å². The molecule has 8 heavy (non-hydrogen) atoms. The summed E-state index contributed by atoms with van der Waals surface area (Å²) in [6.45, 7) is 1.29. The van der Waals surface area contributed by atoms with Gasteiger partial charge in [-0.15, -0.1) is 0 Å². The molecule has 2 heteroatoms. The summed E-state index contributed by atoms with van der Waals surface area (Å²) in [5.74, 6) is 0. The van der Waals surface area contributed by atoms with Gasteiger partial charge in [0.15, 0.2) is 0 Å². The molecule has 0 aromatic rings. The van der Waals surface area contributed by atoms with E-state index in [1.807, 2.05) is 7.05 Å². The van der Waals surface area contributed by atoms with E-state index < -0.39 is 0 Å². The quantitative estimate of drug-likeness (QED) is 0.485. The monoisotopic (exact) mass is 111 g/mol. The van der Waals surface area contributed by atoms with Crippen molar-refractivity contribution in [2.75, 3.05) is 13.6 Å². The van der Waals surface area contributed by atoms with Crippen molar-refractivity contribution < 1.29 is 0 Å². The Morgan fingerprint density at radius 3 is 3.00 bits per heavy atom. The first kappa shape index (κ1) is 4.77. The number of piperidine rings is 1. The molecule has 0 aromatic heterocycles. The minimum absolute atomic E-state index is 0.833. The van der Waals surface area contributed by atoms with Gasteiger partial charge >= 0.3 is 0 Å². The standard InChI is InChI=1S/C6H11N2/c1-7-6-5-3-2-4-8(5)6/h5,7H,2-4H2,1H3. The van der Waals surface area contributed by atoms with Crippen LogP contribution in [0.5, 0.6) is 0 Å². The average Bonchev–Trinajstić information content (AvgIpc) is 2.22. The fourth-order valence-electron chi connectivity index (χ4n) is 1.62. The SMILES string of the molecule is CN[C]1C2CCCN12. The molecule has 0 aromatic carbocycles. The fraction of sp³-hybridized carbons (Fsp3) is 0.833. The van der Waals surface area contributed by atoms with Crippen LogP contribution in [0.25, 0.3) is 0 Å². The molecular formula is C6H11N2. The molecule has 2 unspecified atom stereocenters. The van der Waals surface area contributed by atoms with Crippen molar-refractivity contribution in [1.82, 2.24) is 10.2 Å². The molecule has 0 saturated carbocycles. The summed E-state index contributed by atoms with van der Waals surface area (Å²) < 4.78 is 0. The minimum atomic E-state index is 0.833. The van der Waals surface area contributed by atoms with Crippen LogP contribution >= 0.6 is 0 Å². The summed E-state index contributed by atoms with van der Waals surface area (Å²) in [7, 11) is 2.01. The molecule has 0 spiro atoms. The van der Waals surface area contributed by atoms with E-state index in [1.54, 1.807) is 0 Å². The molecule has 0 bridgehead atoms. The van der Waals surface area contributed by atoms with E-state index in [0.29, 0.717) is 0 Å². The van der Waals surface area contributed by atoms with E-state index in [0.717, 1.165) is 6.04 Å². The van der Waals surface area contributed by atoms with Gasteiger partial charge in [-0.05, 0) is 19.9 Å². The third-order valence-corrected chi connectivity index (χ3v) is 2.07. The Labute approximate surface area is 49.9 Å². The van der Waals surface area contributed by atoms with Crippen LogP contribution < -0.4 is 5.32 Å². The van der Waals surface area contributed by atoms with Crippen LogP contribution in [0.15, 0.2) is 0 Å². The lowest BCUT2D eigenvalue weighted by Crippen LogP contribution is -2.10. The first-order valence-corrected chi connectivity index (χ1v) is 3.24. The van der Waals surface area contributed by atoms with Crippen LogP contribution in [0.4, 0.5) is 0 Å². The summed E-state index contributed by atoms with van der Waals surface area (Å²) in [5.41, 5.74) is 0. The number of fused-ring (bicyclic) bond motifs is 1. The van der Waals surface area contributed by atoms with Gasteiger partial charge in [0.05, 0.1) is 0 Å². The van der Waals surface area contributed by atoms with Gasteiger partial charge in [0.1, 0.15) is 6.17 Å². The van der Waals surface area contributed by atoms with Gasteiger partial charge < -0.3 is 0 Å². The Kier molecular flexibility index (Phi) is 0.866. The van der Waals surface area contributed by atoms with Gasteiger partial charge in [-0.2, -0.15) is 0 Å². The van der Waals surface area contributed by atoms with Gasteiger partial charge in [0.2, 0.25) is 0 Å². The maximum atomic E-state index is 3.18. The molecule has 1 N–H and O–H groups in total. The molecule has 0 aliphatic carbocycles. The second kappa shape index (κ2) is 1.45. The summed E-state index contributed by atoms with van der Waals surface area (Å²) >= 11 is 0. The predicted molar refractivity (Wildman–Crippen MR) is 32.0 cm³/mol. The van der Waals surface area contributed by atoms with Crippen molar-refractivity contribution in [3.63, 3.8) is 0 Å². The maximum absolute atomic E-state index is 3.18. The molecule has 2 rings (SSSR count). The highest BCUT2D eigenvalue weighted by atomic mass is 15.5. The zero-order valence-electron chi connectivity index (χ0n) is 5.15. The first-order chi connectivity index (χ1) is 3.93. The highest BCUT2D eigenvalue weighted by Gasteiger charge is 2.50. The molecule has 45 valence electrons. The van der Waals surface area contributed by atoms with Crippen LogP contribution in [0.1, 0.15) is 12.8 Å². The highest BCUT2D eigenvalue weighted by Crippen LogP contribution is 2.41. The van der Waals surface area contributed by atoms with E-state index in [4.69, 9.17) is 0 Å². The predicted octanol–water partition coefficient (Wildman–Crippen LogP) is 0.173. The summed E-state index contributed by atoms with van der Waals surface area (Å²) in [5, 5.41) is 3.18. The third kappa shape index (κ3) is 0.446. The maximum Gasteiger partial charge on any atom is 0.121 e. The summed E-state index contributed by atoms with van der Waals surface area (Å²) in [4.78, 5) is 2.43. The molecule has 2 saturated heterocycles. The number of likely N-dealkylation sites (N-methyl/N-ethyl adjacent to an activating group) is 1. The van der Waals surface area contributed by atoms with Gasteiger partial charge in [0.25, 0.3) is 0 Å². The van der Waals surface area contributed by atoms with E-state index in [1.165, 1.54) is 25.6 Å². The molecule has 2 aliphatic heterocycles. The second-order valence-electron chi connectivity index (χ2n) is 2.49. The largest absolute Gasteiger partial charge is 0.298 e. The van der Waals surface area contributed by atoms with Crippen molar-refractivity contribution in [3.05, 3.63) is 6.17 Å². The fourth-order valence-corrected chi connectivity index (χ4v) is 1.62. The number of rotatable bonds is 1. The zero-order valence-corrected chi connectivity index (χ0v) is 5.15. The Hall–Kier alpha value is -0.0800. The molecule has 2 fully saturated rings. The van der Waals surface area contributed by atoms with Crippen LogP contribution in [-0.4, -0.2) is 24.5 Å². The number of hydrogen-bond donors (Lipinski definition) is 1. The normalized spacial score (nSPS) is 44.6. The van der Waals surface area contributed by atoms with Crippen LogP contribution in [0.3, 0.4) is 0 Å². The lowest BCUT2D eigenvalue weighted by molar-refractivity contribution is 0.564. The number of nitrogens with one attached hydrogen (secondary N) is 1. The third-order valence-electron chi connectivity index (χ3n) is 2.07. The van der Waals surface area contributed by atoms with Crippen molar-refractivity contribution in [2.24, 2.45) is 0 Å². The summed E-state index contributed by atoms with van der Waals surface area (Å²) in [6.07, 6.45) is 4.25. The molecule has 2 nitrogen and oxygen atoms in total. The van der Waals surface area contributed by atoms with E-state index in [-0.39, 0.29) is 0 Å². The highest BCUT2D eigenvalue weighted by molar-refractivity contribution is 5.18. The van der Waals surface area contributed by atoms with Crippen LogP contribution in [-0.2, 0) is 0 Å². The van der Waals surface area contributed by atoms with Crippen molar-refractivity contribution in [1.29, 1.82) is 0 Å². The molecule has 2 heterocycles. The lowest BCUT2D eigenvalue weighted by atomic mass is 10.2. The lowest BCUT2D eigenvalue weighted by Gasteiger charge is -1.96. The van der Waals surface area contributed by atoms with Crippen LogP contribution in [0.2, 0.25) is 0 Å². The minimum Gasteiger partial charge on any atom is -0.298 e. The van der Waals surface area contributed by atoms with Crippen molar-refractivity contribution in [3.8, 4) is 0 Å². The number of nitrogens with zero attached hydrogens (tertiary/aromatic N) is 1. The van der Waals surface area contributed by atoms with Gasteiger partial charge in [-0.1, -0.05) is 0 Å². The zero-order chi connectivity index (χ0) is 5.56. The summed E-state index contributed by atoms with van der Waals surface area (Å²) in [6, 6.07) is 0.833. The van der Waals surface area contributed by atoms with E-state index >= 15 is 0 Å². The first-order valence-electron chi connectivity index (χ1n) is 3.24. The van der Waals surface area contributed by atoms with Gasteiger partial charge in [-0.25, -0.2) is 0 Å². The Morgan fingerprint density at radius 2 is 2.62 bits per heavy atom. The second-order valence-corrected chi connectivity index (χ2v) is 2.49. The molecule has 2 atom stereocenters. The number of hydrogen-bond acceptors (Lipinski definition) is 2. The molecular weight excluding hydrogens is 100 g/mol. The van der Waals surface area contributed by atoms with E-state index in [9.17, 15) is 0 Å². The van der Waals surface area contributed by atoms with Crippen LogP contribution in [0, 0.1) is 6.17 Å². The molecule has 2 aliphatic rings. The molecule has 1 radical (unpaired) electrons. The van der Waals surface area contributed by atoms with Crippen molar-refractivity contribution in [2.45, 2.75) is 18.9 Å². The topological polar surface area (TPSA) is 15.0 Å². The molecule has 0 amide bonds. The Bertz CT molecular complexity index is 85.9. The smallest absolute Gasteiger partial charge is 0.121 e. The average molecular weight is 111 g/mol. The Balaban J connectivity index is 1.94. The van der Waals surface area contributed by atoms with Crippen molar-refractivity contribution >= 4 is 0 Å². The van der Waals surface area contributed by atoms with Gasteiger partial charge in [0, 0.05) is 12.6 Å². The Morgan fingerprint density at radius 1 is 1.75 bits per heavy atom. The van der Waals surface area contributed by atoms with Gasteiger partial charge in [-0.3, -0.25) is 10.2 Å².